The Kier molecular flexibility index (Phi) is 5.27. The lowest BCUT2D eigenvalue weighted by atomic mass is 10.4. The van der Waals surface area contributed by atoms with Gasteiger partial charge in [-0.05, 0) is 18.7 Å². The normalized spacial score (nSPS) is 11.2. The maximum atomic E-state index is 11.6. The molecular formula is C11H17NO4Si. The van der Waals surface area contributed by atoms with Gasteiger partial charge in [0, 0.05) is 26.5 Å². The molecule has 0 saturated heterocycles. The molecule has 6 heteroatoms. The Morgan fingerprint density at radius 2 is 2.06 bits per heavy atom. The lowest BCUT2D eigenvalue weighted by molar-refractivity contribution is 0.0509. The smallest absolute Gasteiger partial charge is 0.356 e. The van der Waals surface area contributed by atoms with Crippen molar-refractivity contribution in [1.82, 2.24) is 4.98 Å². The monoisotopic (exact) mass is 255 g/mol. The number of carbonyl (C=O) groups is 1. The number of aromatic nitrogens is 1. The van der Waals surface area contributed by atoms with Crippen molar-refractivity contribution in [2.75, 3.05) is 20.8 Å². The first-order chi connectivity index (χ1) is 8.11. The highest BCUT2D eigenvalue weighted by atomic mass is 28.4. The third-order valence-electron chi connectivity index (χ3n) is 2.53. The van der Waals surface area contributed by atoms with Crippen molar-refractivity contribution in [3.63, 3.8) is 0 Å². The molecule has 0 aliphatic heterocycles. The molecule has 0 unspecified atom stereocenters. The van der Waals surface area contributed by atoms with E-state index in [0.29, 0.717) is 11.7 Å². The molecule has 1 aromatic heterocycles. The molecule has 0 radical (unpaired) electrons. The molecule has 1 heterocycles. The average molecular weight is 255 g/mol. The van der Waals surface area contributed by atoms with Crippen LogP contribution in [0.5, 0.6) is 0 Å². The van der Waals surface area contributed by atoms with Crippen molar-refractivity contribution >= 4 is 14.5 Å². The van der Waals surface area contributed by atoms with Crippen LogP contribution in [0.2, 0.25) is 12.6 Å². The van der Waals surface area contributed by atoms with Crippen LogP contribution < -0.4 is 0 Å². The predicted molar refractivity (Wildman–Crippen MR) is 65.0 cm³/mol. The van der Waals surface area contributed by atoms with Crippen molar-refractivity contribution in [3.8, 4) is 0 Å². The van der Waals surface area contributed by atoms with Gasteiger partial charge in [-0.25, -0.2) is 9.78 Å². The van der Waals surface area contributed by atoms with Gasteiger partial charge in [0.15, 0.2) is 0 Å². The van der Waals surface area contributed by atoms with E-state index in [2.05, 4.69) is 4.98 Å². The largest absolute Gasteiger partial charge is 0.461 e. The van der Waals surface area contributed by atoms with E-state index in [1.807, 2.05) is 6.55 Å². The van der Waals surface area contributed by atoms with Crippen LogP contribution in [0.15, 0.2) is 24.4 Å². The first kappa shape index (κ1) is 13.8. The third-order valence-corrected chi connectivity index (χ3v) is 5.37. The highest BCUT2D eigenvalue weighted by molar-refractivity contribution is 6.66. The third kappa shape index (κ3) is 4.26. The van der Waals surface area contributed by atoms with Gasteiger partial charge in [-0.1, -0.05) is 6.07 Å². The van der Waals surface area contributed by atoms with E-state index >= 15 is 0 Å². The maximum absolute atomic E-state index is 11.6. The number of ether oxygens (including phenoxy) is 1. The van der Waals surface area contributed by atoms with Crippen LogP contribution >= 0.6 is 0 Å². The Hall–Kier alpha value is -1.24. The molecule has 1 rings (SSSR count). The summed E-state index contributed by atoms with van der Waals surface area (Å²) in [4.78, 5) is 15.5. The van der Waals surface area contributed by atoms with Crippen LogP contribution in [0.4, 0.5) is 0 Å². The van der Waals surface area contributed by atoms with Crippen molar-refractivity contribution in [1.29, 1.82) is 0 Å². The number of nitrogens with zero attached hydrogens (tertiary/aromatic N) is 1. The number of rotatable bonds is 6. The van der Waals surface area contributed by atoms with Gasteiger partial charge in [-0.2, -0.15) is 0 Å². The van der Waals surface area contributed by atoms with Gasteiger partial charge < -0.3 is 13.6 Å². The molecule has 0 amide bonds. The summed E-state index contributed by atoms with van der Waals surface area (Å²) in [6.45, 7) is 2.20. The van der Waals surface area contributed by atoms with Crippen molar-refractivity contribution in [3.05, 3.63) is 30.1 Å². The highest BCUT2D eigenvalue weighted by Crippen LogP contribution is 2.11. The molecule has 94 valence electrons. The van der Waals surface area contributed by atoms with Gasteiger partial charge in [0.25, 0.3) is 0 Å². The van der Waals surface area contributed by atoms with E-state index < -0.39 is 14.5 Å². The summed E-state index contributed by atoms with van der Waals surface area (Å²) in [6, 6.07) is 5.70. The SMILES string of the molecule is CO[Si](C)(CCOC(=O)c1ccccn1)OC. The summed E-state index contributed by atoms with van der Waals surface area (Å²) in [7, 11) is 1.05. The molecule has 0 aliphatic carbocycles. The summed E-state index contributed by atoms with van der Waals surface area (Å²) >= 11 is 0. The number of pyridine rings is 1. The number of hydrogen-bond donors (Lipinski definition) is 0. The fourth-order valence-electron chi connectivity index (χ4n) is 1.17. The molecule has 0 N–H and O–H groups in total. The molecule has 0 atom stereocenters. The molecule has 1 aromatic rings. The van der Waals surface area contributed by atoms with Crippen LogP contribution in [-0.4, -0.2) is 40.3 Å². The number of hydrogen-bond acceptors (Lipinski definition) is 5. The second-order valence-corrected chi connectivity index (χ2v) is 7.23. The van der Waals surface area contributed by atoms with Crippen LogP contribution in [-0.2, 0) is 13.6 Å². The molecule has 0 fully saturated rings. The van der Waals surface area contributed by atoms with E-state index in [4.69, 9.17) is 13.6 Å². The molecule has 0 saturated carbocycles. The molecule has 0 aliphatic rings. The molecular weight excluding hydrogens is 238 g/mol. The Morgan fingerprint density at radius 1 is 1.35 bits per heavy atom. The fourth-order valence-corrected chi connectivity index (χ4v) is 2.22. The summed E-state index contributed by atoms with van der Waals surface area (Å²) in [5.41, 5.74) is 0.311. The minimum absolute atomic E-state index is 0.278. The zero-order valence-corrected chi connectivity index (χ0v) is 11.3. The quantitative estimate of drug-likeness (QED) is 0.571. The van der Waals surface area contributed by atoms with Crippen LogP contribution in [0.3, 0.4) is 0 Å². The minimum Gasteiger partial charge on any atom is -0.461 e. The van der Waals surface area contributed by atoms with Crippen LogP contribution in [0, 0.1) is 0 Å². The van der Waals surface area contributed by atoms with Crippen molar-refractivity contribution in [2.24, 2.45) is 0 Å². The maximum Gasteiger partial charge on any atom is 0.356 e. The van der Waals surface area contributed by atoms with Gasteiger partial charge in [0.1, 0.15) is 5.69 Å². The standard InChI is InChI=1S/C11H17NO4Si/c1-14-17(3,15-2)9-8-16-11(13)10-6-4-5-7-12-10/h4-7H,8-9H2,1-3H3. The zero-order valence-electron chi connectivity index (χ0n) is 10.3. The Bertz CT molecular complexity index is 354. The Labute approximate surface area is 102 Å². The number of esters is 1. The van der Waals surface area contributed by atoms with E-state index in [0.717, 1.165) is 0 Å². The molecule has 0 aromatic carbocycles. The van der Waals surface area contributed by atoms with Crippen molar-refractivity contribution < 1.29 is 18.4 Å². The van der Waals surface area contributed by atoms with Crippen LogP contribution in [0.25, 0.3) is 0 Å². The molecule has 5 nitrogen and oxygen atoms in total. The van der Waals surface area contributed by atoms with E-state index in [1.165, 1.54) is 0 Å². The predicted octanol–water partition coefficient (Wildman–Crippen LogP) is 1.60. The lowest BCUT2D eigenvalue weighted by Crippen LogP contribution is -2.37. The van der Waals surface area contributed by atoms with Gasteiger partial charge in [-0.3, -0.25) is 0 Å². The van der Waals surface area contributed by atoms with Gasteiger partial charge in [0.2, 0.25) is 0 Å². The topological polar surface area (TPSA) is 57.7 Å². The van der Waals surface area contributed by atoms with Gasteiger partial charge >= 0.3 is 14.5 Å². The average Bonchev–Trinajstić information content (AvgIpc) is 2.39. The van der Waals surface area contributed by atoms with Crippen molar-refractivity contribution in [2.45, 2.75) is 12.6 Å². The van der Waals surface area contributed by atoms with Gasteiger partial charge in [-0.15, -0.1) is 0 Å². The lowest BCUT2D eigenvalue weighted by Gasteiger charge is -2.22. The Morgan fingerprint density at radius 3 is 2.59 bits per heavy atom. The van der Waals surface area contributed by atoms with E-state index in [-0.39, 0.29) is 6.61 Å². The number of carbonyl (C=O) groups excluding carboxylic acids is 1. The summed E-state index contributed by atoms with van der Waals surface area (Å²) < 4.78 is 15.7. The summed E-state index contributed by atoms with van der Waals surface area (Å²) in [5.74, 6) is -0.422. The summed E-state index contributed by atoms with van der Waals surface area (Å²) in [6.07, 6.45) is 1.56. The summed E-state index contributed by atoms with van der Waals surface area (Å²) in [5, 5.41) is 0. The van der Waals surface area contributed by atoms with Gasteiger partial charge in [0.05, 0.1) is 6.61 Å². The van der Waals surface area contributed by atoms with E-state index in [1.54, 1.807) is 38.6 Å². The highest BCUT2D eigenvalue weighted by Gasteiger charge is 2.28. The second kappa shape index (κ2) is 6.48. The van der Waals surface area contributed by atoms with E-state index in [9.17, 15) is 4.79 Å². The fraction of sp³-hybridized carbons (Fsp3) is 0.455. The first-order valence-electron chi connectivity index (χ1n) is 5.30. The minimum atomic E-state index is -2.16. The molecule has 17 heavy (non-hydrogen) atoms. The first-order valence-corrected chi connectivity index (χ1v) is 7.82. The second-order valence-electron chi connectivity index (χ2n) is 3.64. The van der Waals surface area contributed by atoms with Crippen LogP contribution in [0.1, 0.15) is 10.5 Å². The molecule has 0 spiro atoms. The zero-order chi connectivity index (χ0) is 12.7. The Balaban J connectivity index is 2.40. The molecule has 0 bridgehead atoms.